The molecule has 0 fully saturated rings. The molecule has 0 spiro atoms. The van der Waals surface area contributed by atoms with Crippen LogP contribution in [0.1, 0.15) is 17.0 Å². The second kappa shape index (κ2) is 6.82. The van der Waals surface area contributed by atoms with E-state index < -0.39 is 10.0 Å². The lowest BCUT2D eigenvalue weighted by Crippen LogP contribution is -2.29. The molecule has 0 aliphatic heterocycles. The summed E-state index contributed by atoms with van der Waals surface area (Å²) < 4.78 is 32.9. The second-order valence-electron chi connectivity index (χ2n) is 6.00. The van der Waals surface area contributed by atoms with Crippen LogP contribution in [0.15, 0.2) is 33.3 Å². The summed E-state index contributed by atoms with van der Waals surface area (Å²) >= 11 is 1.30. The first-order chi connectivity index (χ1) is 12.2. The van der Waals surface area contributed by atoms with Crippen molar-refractivity contribution in [3.8, 4) is 5.75 Å². The van der Waals surface area contributed by atoms with E-state index in [-0.39, 0.29) is 28.6 Å². The smallest absolute Gasteiger partial charge is 0.268 e. The van der Waals surface area contributed by atoms with Gasteiger partial charge in [-0.05, 0) is 48.6 Å². The number of benzene rings is 1. The molecule has 26 heavy (non-hydrogen) atoms. The molecule has 0 atom stereocenters. The fourth-order valence-corrected chi connectivity index (χ4v) is 4.66. The summed E-state index contributed by atoms with van der Waals surface area (Å²) in [5.41, 5.74) is 2.08. The Labute approximate surface area is 155 Å². The Morgan fingerprint density at radius 2 is 1.96 bits per heavy atom. The van der Waals surface area contributed by atoms with Crippen molar-refractivity contribution >= 4 is 31.6 Å². The molecule has 0 unspecified atom stereocenters. The highest BCUT2D eigenvalue weighted by Crippen LogP contribution is 2.29. The maximum atomic E-state index is 13.0. The molecule has 9 heteroatoms. The van der Waals surface area contributed by atoms with Crippen LogP contribution in [-0.4, -0.2) is 36.8 Å². The quantitative estimate of drug-likeness (QED) is 0.719. The molecule has 7 nitrogen and oxygen atoms in total. The zero-order valence-electron chi connectivity index (χ0n) is 14.9. The average Bonchev–Trinajstić information content (AvgIpc) is 3.05. The summed E-state index contributed by atoms with van der Waals surface area (Å²) in [4.78, 5) is 19.1. The molecule has 0 saturated carbocycles. The van der Waals surface area contributed by atoms with E-state index in [1.807, 2.05) is 13.8 Å². The number of fused-ring (bicyclic) bond motifs is 1. The fourth-order valence-electron chi connectivity index (χ4n) is 2.58. The van der Waals surface area contributed by atoms with Gasteiger partial charge in [0.05, 0.1) is 19.2 Å². The van der Waals surface area contributed by atoms with E-state index in [0.29, 0.717) is 10.2 Å². The van der Waals surface area contributed by atoms with Gasteiger partial charge in [-0.15, -0.1) is 11.3 Å². The molecule has 3 aromatic rings. The number of sulfonamides is 1. The molecular formula is C17H19N3O4S2. The van der Waals surface area contributed by atoms with Crippen LogP contribution < -0.4 is 10.3 Å². The van der Waals surface area contributed by atoms with Crippen molar-refractivity contribution in [2.75, 3.05) is 14.2 Å². The molecule has 0 aliphatic carbocycles. The Kier molecular flexibility index (Phi) is 4.87. The molecule has 0 amide bonds. The highest BCUT2D eigenvalue weighted by Gasteiger charge is 2.26. The average molecular weight is 393 g/mol. The number of thiophene rings is 1. The largest absolute Gasteiger partial charge is 0.495 e. The van der Waals surface area contributed by atoms with Crippen molar-refractivity contribution in [1.29, 1.82) is 0 Å². The predicted molar refractivity (Wildman–Crippen MR) is 101 cm³/mol. The summed E-state index contributed by atoms with van der Waals surface area (Å²) in [7, 11) is -0.940. The monoisotopic (exact) mass is 393 g/mol. The zero-order valence-corrected chi connectivity index (χ0v) is 16.5. The standard InChI is InChI=1S/C17H19N3O4S2/c1-10-7-13(24-4)14(8-11(10)2)26(22,23)20(3)9-15-18-12-5-6-25-16(12)17(21)19-15/h5-8H,9H2,1-4H3,(H,18,19,21). The highest BCUT2D eigenvalue weighted by atomic mass is 32.2. The molecule has 1 N–H and O–H groups in total. The van der Waals surface area contributed by atoms with E-state index in [1.165, 1.54) is 25.5 Å². The minimum Gasteiger partial charge on any atom is -0.495 e. The first-order valence-corrected chi connectivity index (χ1v) is 10.1. The summed E-state index contributed by atoms with van der Waals surface area (Å²) in [6.45, 7) is 3.68. The van der Waals surface area contributed by atoms with Gasteiger partial charge in [-0.2, -0.15) is 4.31 Å². The molecule has 2 heterocycles. The fraction of sp³-hybridized carbons (Fsp3) is 0.294. The lowest BCUT2D eigenvalue weighted by molar-refractivity contribution is 0.396. The molecule has 3 rings (SSSR count). The summed E-state index contributed by atoms with van der Waals surface area (Å²) in [5.74, 6) is 0.574. The van der Waals surface area contributed by atoms with Crippen molar-refractivity contribution in [2.24, 2.45) is 0 Å². The number of hydrogen-bond acceptors (Lipinski definition) is 6. The van der Waals surface area contributed by atoms with E-state index in [1.54, 1.807) is 23.6 Å². The SMILES string of the molecule is COc1cc(C)c(C)cc1S(=O)(=O)N(C)Cc1nc2ccsc2c(=O)[nH]1. The van der Waals surface area contributed by atoms with Crippen LogP contribution in [0, 0.1) is 13.8 Å². The summed E-state index contributed by atoms with van der Waals surface area (Å²) in [6, 6.07) is 5.03. The Morgan fingerprint density at radius 1 is 1.27 bits per heavy atom. The third-order valence-corrected chi connectivity index (χ3v) is 6.93. The Bertz CT molecular complexity index is 1130. The summed E-state index contributed by atoms with van der Waals surface area (Å²) in [5, 5.41) is 1.77. The molecule has 2 aromatic heterocycles. The van der Waals surface area contributed by atoms with Crippen LogP contribution >= 0.6 is 11.3 Å². The van der Waals surface area contributed by atoms with Gasteiger partial charge in [0, 0.05) is 7.05 Å². The molecule has 138 valence electrons. The van der Waals surface area contributed by atoms with Crippen molar-refractivity contribution < 1.29 is 13.2 Å². The topological polar surface area (TPSA) is 92.4 Å². The predicted octanol–water partition coefficient (Wildman–Crippen LogP) is 2.43. The van der Waals surface area contributed by atoms with Gasteiger partial charge >= 0.3 is 0 Å². The zero-order chi connectivity index (χ0) is 19.1. The number of methoxy groups -OCH3 is 1. The number of aromatic amines is 1. The van der Waals surface area contributed by atoms with E-state index in [2.05, 4.69) is 9.97 Å². The van der Waals surface area contributed by atoms with E-state index in [4.69, 9.17) is 4.74 Å². The third-order valence-electron chi connectivity index (χ3n) is 4.20. The van der Waals surface area contributed by atoms with Crippen LogP contribution in [0.25, 0.3) is 10.2 Å². The van der Waals surface area contributed by atoms with Crippen molar-refractivity contribution in [2.45, 2.75) is 25.3 Å². The van der Waals surface area contributed by atoms with Gasteiger partial charge in [-0.3, -0.25) is 4.79 Å². The Hall–Kier alpha value is -2.23. The number of H-pyrrole nitrogens is 1. The van der Waals surface area contributed by atoms with Crippen molar-refractivity contribution in [3.63, 3.8) is 0 Å². The number of nitrogens with zero attached hydrogens (tertiary/aromatic N) is 2. The van der Waals surface area contributed by atoms with Gasteiger partial charge in [0.15, 0.2) is 0 Å². The third kappa shape index (κ3) is 3.25. The van der Waals surface area contributed by atoms with Gasteiger partial charge in [-0.1, -0.05) is 0 Å². The van der Waals surface area contributed by atoms with Crippen molar-refractivity contribution in [3.05, 3.63) is 50.9 Å². The molecule has 0 aliphatic rings. The lowest BCUT2D eigenvalue weighted by atomic mass is 10.1. The first kappa shape index (κ1) is 18.6. The number of nitrogens with one attached hydrogen (secondary N) is 1. The number of aromatic nitrogens is 2. The lowest BCUT2D eigenvalue weighted by Gasteiger charge is -2.19. The van der Waals surface area contributed by atoms with Gasteiger partial charge in [-0.25, -0.2) is 13.4 Å². The number of rotatable bonds is 5. The Morgan fingerprint density at radius 3 is 2.65 bits per heavy atom. The molecule has 1 aromatic carbocycles. The van der Waals surface area contributed by atoms with Crippen LogP contribution in [0.3, 0.4) is 0 Å². The normalized spacial score (nSPS) is 12.0. The van der Waals surface area contributed by atoms with Crippen LogP contribution in [0.2, 0.25) is 0 Å². The minimum atomic E-state index is -3.82. The first-order valence-electron chi connectivity index (χ1n) is 7.82. The van der Waals surface area contributed by atoms with Gasteiger partial charge in [0.1, 0.15) is 21.2 Å². The maximum Gasteiger partial charge on any atom is 0.268 e. The highest BCUT2D eigenvalue weighted by molar-refractivity contribution is 7.89. The molecule has 0 saturated heterocycles. The number of ether oxygens (including phenoxy) is 1. The molecular weight excluding hydrogens is 374 g/mol. The van der Waals surface area contributed by atoms with Crippen LogP contribution in [0.4, 0.5) is 0 Å². The molecule has 0 radical (unpaired) electrons. The van der Waals surface area contributed by atoms with Gasteiger partial charge < -0.3 is 9.72 Å². The van der Waals surface area contributed by atoms with Crippen molar-refractivity contribution in [1.82, 2.24) is 14.3 Å². The van der Waals surface area contributed by atoms with E-state index >= 15 is 0 Å². The minimum absolute atomic E-state index is 0.0561. The Balaban J connectivity index is 1.99. The maximum absolute atomic E-state index is 13.0. The van der Waals surface area contributed by atoms with E-state index in [9.17, 15) is 13.2 Å². The van der Waals surface area contributed by atoms with Gasteiger partial charge in [0.2, 0.25) is 10.0 Å². The van der Waals surface area contributed by atoms with Crippen LogP contribution in [-0.2, 0) is 16.6 Å². The molecule has 0 bridgehead atoms. The number of hydrogen-bond donors (Lipinski definition) is 1. The number of aryl methyl sites for hydroxylation is 2. The second-order valence-corrected chi connectivity index (χ2v) is 8.93. The summed E-state index contributed by atoms with van der Waals surface area (Å²) in [6.07, 6.45) is 0. The van der Waals surface area contributed by atoms with Crippen LogP contribution in [0.5, 0.6) is 5.75 Å². The van der Waals surface area contributed by atoms with Gasteiger partial charge in [0.25, 0.3) is 5.56 Å². The van der Waals surface area contributed by atoms with E-state index in [0.717, 1.165) is 15.4 Å².